The van der Waals surface area contributed by atoms with Gasteiger partial charge in [0.25, 0.3) is 0 Å². The number of hydrogen-bond acceptors (Lipinski definition) is 2. The highest BCUT2D eigenvalue weighted by Crippen LogP contribution is 2.29. The summed E-state index contributed by atoms with van der Waals surface area (Å²) in [5, 5.41) is 3.73. The lowest BCUT2D eigenvalue weighted by Crippen LogP contribution is -2.36. The van der Waals surface area contributed by atoms with Crippen LogP contribution in [0.4, 0.5) is 0 Å². The first kappa shape index (κ1) is 13.4. The molecule has 1 N–H and O–H groups in total. The Kier molecular flexibility index (Phi) is 4.87. The molecule has 2 fully saturated rings. The third-order valence-corrected chi connectivity index (χ3v) is 4.65. The van der Waals surface area contributed by atoms with Gasteiger partial charge in [-0.3, -0.25) is 0 Å². The molecular formula is C15H30N2. The van der Waals surface area contributed by atoms with Gasteiger partial charge in [0.05, 0.1) is 0 Å². The summed E-state index contributed by atoms with van der Waals surface area (Å²) in [7, 11) is 0. The normalized spacial score (nSPS) is 27.2. The monoisotopic (exact) mass is 238 g/mol. The first-order valence-corrected chi connectivity index (χ1v) is 7.61. The number of nitrogens with zero attached hydrogens (tertiary/aromatic N) is 1. The predicted molar refractivity (Wildman–Crippen MR) is 74.3 cm³/mol. The quantitative estimate of drug-likeness (QED) is 0.810. The fourth-order valence-corrected chi connectivity index (χ4v) is 3.26. The van der Waals surface area contributed by atoms with E-state index in [2.05, 4.69) is 24.1 Å². The molecule has 1 aliphatic carbocycles. The second-order valence-electron chi connectivity index (χ2n) is 6.79. The largest absolute Gasteiger partial charge is 0.313 e. The van der Waals surface area contributed by atoms with Crippen molar-refractivity contribution in [3.63, 3.8) is 0 Å². The van der Waals surface area contributed by atoms with E-state index in [0.29, 0.717) is 5.41 Å². The van der Waals surface area contributed by atoms with E-state index >= 15 is 0 Å². The van der Waals surface area contributed by atoms with Crippen LogP contribution < -0.4 is 5.32 Å². The van der Waals surface area contributed by atoms with Gasteiger partial charge in [-0.05, 0) is 50.6 Å². The number of hydrogen-bond donors (Lipinski definition) is 1. The van der Waals surface area contributed by atoms with Crippen molar-refractivity contribution in [1.82, 2.24) is 10.2 Å². The summed E-state index contributed by atoms with van der Waals surface area (Å²) in [5.74, 6) is 0. The molecule has 2 nitrogen and oxygen atoms in total. The molecule has 17 heavy (non-hydrogen) atoms. The zero-order valence-electron chi connectivity index (χ0n) is 11.8. The maximum Gasteiger partial charge on any atom is 0.0107 e. The van der Waals surface area contributed by atoms with E-state index in [9.17, 15) is 0 Å². The molecule has 0 radical (unpaired) electrons. The van der Waals surface area contributed by atoms with Gasteiger partial charge in [0.1, 0.15) is 0 Å². The molecule has 0 spiro atoms. The molecule has 1 aliphatic heterocycles. The van der Waals surface area contributed by atoms with Gasteiger partial charge in [0.2, 0.25) is 0 Å². The maximum atomic E-state index is 3.73. The van der Waals surface area contributed by atoms with Gasteiger partial charge < -0.3 is 10.2 Å². The van der Waals surface area contributed by atoms with Crippen molar-refractivity contribution in [1.29, 1.82) is 0 Å². The topological polar surface area (TPSA) is 15.3 Å². The molecule has 0 atom stereocenters. The van der Waals surface area contributed by atoms with E-state index < -0.39 is 0 Å². The molecule has 2 aliphatic rings. The fraction of sp³-hybridized carbons (Fsp3) is 1.00. The molecule has 1 saturated heterocycles. The third kappa shape index (κ3) is 4.59. The van der Waals surface area contributed by atoms with Crippen LogP contribution in [0.2, 0.25) is 0 Å². The Hall–Kier alpha value is -0.0800. The Bertz CT molecular complexity index is 219. The average molecular weight is 238 g/mol. The minimum absolute atomic E-state index is 0.577. The summed E-state index contributed by atoms with van der Waals surface area (Å²) in [6, 6.07) is 0.832. The molecular weight excluding hydrogens is 208 g/mol. The SMILES string of the molecule is CC1(C)CCCN(CCNC2CCCC2)CC1. The van der Waals surface area contributed by atoms with Crippen molar-refractivity contribution in [2.75, 3.05) is 26.2 Å². The van der Waals surface area contributed by atoms with Crippen molar-refractivity contribution in [3.8, 4) is 0 Å². The van der Waals surface area contributed by atoms with Crippen molar-refractivity contribution in [2.45, 2.75) is 64.8 Å². The van der Waals surface area contributed by atoms with Crippen LogP contribution in [-0.4, -0.2) is 37.1 Å². The Morgan fingerprint density at radius 3 is 2.59 bits per heavy atom. The third-order valence-electron chi connectivity index (χ3n) is 4.65. The predicted octanol–water partition coefficient (Wildman–Crippen LogP) is 3.03. The molecule has 0 bridgehead atoms. The van der Waals surface area contributed by atoms with E-state index in [1.165, 1.54) is 71.1 Å². The summed E-state index contributed by atoms with van der Waals surface area (Å²) in [6.07, 6.45) is 9.86. The van der Waals surface area contributed by atoms with Gasteiger partial charge in [0, 0.05) is 19.1 Å². The zero-order valence-corrected chi connectivity index (χ0v) is 11.8. The maximum absolute atomic E-state index is 3.73. The van der Waals surface area contributed by atoms with Gasteiger partial charge in [0.15, 0.2) is 0 Å². The zero-order chi connectivity index (χ0) is 12.1. The minimum atomic E-state index is 0.577. The molecule has 1 heterocycles. The second-order valence-corrected chi connectivity index (χ2v) is 6.79. The Morgan fingerprint density at radius 1 is 1.06 bits per heavy atom. The van der Waals surface area contributed by atoms with Gasteiger partial charge in [-0.15, -0.1) is 0 Å². The molecule has 100 valence electrons. The van der Waals surface area contributed by atoms with Crippen LogP contribution >= 0.6 is 0 Å². The van der Waals surface area contributed by atoms with Gasteiger partial charge in [-0.1, -0.05) is 26.7 Å². The number of likely N-dealkylation sites (tertiary alicyclic amines) is 1. The van der Waals surface area contributed by atoms with E-state index in [1.54, 1.807) is 0 Å². The number of nitrogens with one attached hydrogen (secondary N) is 1. The number of rotatable bonds is 4. The smallest absolute Gasteiger partial charge is 0.0107 e. The average Bonchev–Trinajstić information content (AvgIpc) is 2.72. The molecule has 2 rings (SSSR count). The van der Waals surface area contributed by atoms with E-state index in [1.807, 2.05) is 0 Å². The van der Waals surface area contributed by atoms with Crippen LogP contribution in [0.5, 0.6) is 0 Å². The lowest BCUT2D eigenvalue weighted by molar-refractivity contribution is 0.259. The summed E-state index contributed by atoms with van der Waals surface area (Å²) >= 11 is 0. The first-order valence-electron chi connectivity index (χ1n) is 7.61. The van der Waals surface area contributed by atoms with E-state index in [4.69, 9.17) is 0 Å². The van der Waals surface area contributed by atoms with Gasteiger partial charge in [-0.25, -0.2) is 0 Å². The van der Waals surface area contributed by atoms with Gasteiger partial charge >= 0.3 is 0 Å². The molecule has 0 aromatic heterocycles. The van der Waals surface area contributed by atoms with Crippen LogP contribution in [-0.2, 0) is 0 Å². The standard InChI is InChI=1S/C15H30N2/c1-15(2)8-5-11-17(12-9-15)13-10-16-14-6-3-4-7-14/h14,16H,3-13H2,1-2H3. The van der Waals surface area contributed by atoms with Crippen molar-refractivity contribution in [3.05, 3.63) is 0 Å². The first-order chi connectivity index (χ1) is 8.16. The lowest BCUT2D eigenvalue weighted by Gasteiger charge is -2.24. The highest BCUT2D eigenvalue weighted by atomic mass is 15.1. The van der Waals surface area contributed by atoms with E-state index in [-0.39, 0.29) is 0 Å². The van der Waals surface area contributed by atoms with Crippen LogP contribution in [0.25, 0.3) is 0 Å². The minimum Gasteiger partial charge on any atom is -0.313 e. The molecule has 0 aromatic rings. The molecule has 0 aromatic carbocycles. The Morgan fingerprint density at radius 2 is 1.82 bits per heavy atom. The van der Waals surface area contributed by atoms with Gasteiger partial charge in [-0.2, -0.15) is 0 Å². The van der Waals surface area contributed by atoms with Crippen LogP contribution in [0, 0.1) is 5.41 Å². The molecule has 0 unspecified atom stereocenters. The summed E-state index contributed by atoms with van der Waals surface area (Å²) in [6.45, 7) is 9.92. The van der Waals surface area contributed by atoms with Crippen LogP contribution in [0.3, 0.4) is 0 Å². The highest BCUT2D eigenvalue weighted by molar-refractivity contribution is 4.78. The summed E-state index contributed by atoms with van der Waals surface area (Å²) < 4.78 is 0. The Labute approximate surface area is 107 Å². The van der Waals surface area contributed by atoms with Crippen LogP contribution in [0.15, 0.2) is 0 Å². The molecule has 0 amide bonds. The molecule has 1 saturated carbocycles. The van der Waals surface area contributed by atoms with Crippen molar-refractivity contribution < 1.29 is 0 Å². The second kappa shape index (κ2) is 6.19. The van der Waals surface area contributed by atoms with Crippen LogP contribution in [0.1, 0.15) is 58.8 Å². The highest BCUT2D eigenvalue weighted by Gasteiger charge is 2.22. The fourth-order valence-electron chi connectivity index (χ4n) is 3.26. The Balaban J connectivity index is 1.62. The summed E-state index contributed by atoms with van der Waals surface area (Å²) in [4.78, 5) is 2.66. The van der Waals surface area contributed by atoms with E-state index in [0.717, 1.165) is 6.04 Å². The summed E-state index contributed by atoms with van der Waals surface area (Å²) in [5.41, 5.74) is 0.577. The lowest BCUT2D eigenvalue weighted by atomic mass is 9.85. The molecule has 2 heteroatoms. The van der Waals surface area contributed by atoms with Crippen molar-refractivity contribution >= 4 is 0 Å². The van der Waals surface area contributed by atoms with Crippen molar-refractivity contribution in [2.24, 2.45) is 5.41 Å².